The molecule has 0 saturated heterocycles. The molecule has 10 heteroatoms. The van der Waals surface area contributed by atoms with Crippen LogP contribution in [0, 0.1) is 18.8 Å². The molecular formula is C24H27F3N6O. The monoisotopic (exact) mass is 472 g/mol. The van der Waals surface area contributed by atoms with Gasteiger partial charge in [-0.2, -0.15) is 18.3 Å². The third-order valence-electron chi connectivity index (χ3n) is 6.27. The number of halogens is 3. The molecule has 1 fully saturated rings. The van der Waals surface area contributed by atoms with Crippen molar-refractivity contribution in [3.05, 3.63) is 54.0 Å². The van der Waals surface area contributed by atoms with Crippen molar-refractivity contribution >= 4 is 17.5 Å². The fourth-order valence-electron chi connectivity index (χ4n) is 4.26. The number of rotatable bonds is 6. The number of alkyl halides is 3. The largest absolute Gasteiger partial charge is 0.391 e. The minimum absolute atomic E-state index is 0.0197. The van der Waals surface area contributed by atoms with Crippen LogP contribution in [0.15, 0.2) is 42.9 Å². The predicted molar refractivity (Wildman–Crippen MR) is 122 cm³/mol. The first kappa shape index (κ1) is 23.7. The topological polar surface area (TPSA) is 84.7 Å². The Morgan fingerprint density at radius 3 is 2.59 bits per heavy atom. The zero-order valence-electron chi connectivity index (χ0n) is 19.1. The summed E-state index contributed by atoms with van der Waals surface area (Å²) in [6, 6.07) is 7.68. The lowest BCUT2D eigenvalue weighted by Crippen LogP contribution is -2.35. The Morgan fingerprint density at radius 2 is 1.94 bits per heavy atom. The van der Waals surface area contributed by atoms with E-state index in [-0.39, 0.29) is 37.5 Å². The van der Waals surface area contributed by atoms with Crippen LogP contribution in [0.2, 0.25) is 0 Å². The first-order valence-corrected chi connectivity index (χ1v) is 11.2. The fraction of sp³-hybridized carbons (Fsp3) is 0.417. The number of amides is 1. The molecule has 1 amide bonds. The summed E-state index contributed by atoms with van der Waals surface area (Å²) >= 11 is 0. The molecule has 1 aliphatic rings. The number of carbonyl (C=O) groups is 1. The molecule has 0 spiro atoms. The smallest absolute Gasteiger partial charge is 0.352 e. The van der Waals surface area contributed by atoms with Crippen LogP contribution >= 0.6 is 0 Å². The molecular weight excluding hydrogens is 445 g/mol. The molecule has 180 valence electrons. The average molecular weight is 473 g/mol. The van der Waals surface area contributed by atoms with Crippen molar-refractivity contribution in [2.45, 2.75) is 45.3 Å². The zero-order chi connectivity index (χ0) is 24.3. The van der Waals surface area contributed by atoms with Crippen LogP contribution in [-0.4, -0.2) is 31.8 Å². The lowest BCUT2D eigenvalue weighted by atomic mass is 9.81. The van der Waals surface area contributed by atoms with Gasteiger partial charge in [0.15, 0.2) is 0 Å². The zero-order valence-corrected chi connectivity index (χ0v) is 19.1. The Balaban J connectivity index is 1.35. The summed E-state index contributed by atoms with van der Waals surface area (Å²) in [7, 11) is 1.83. The first-order valence-electron chi connectivity index (χ1n) is 11.2. The molecule has 2 aromatic heterocycles. The van der Waals surface area contributed by atoms with E-state index >= 15 is 0 Å². The van der Waals surface area contributed by atoms with Gasteiger partial charge in [-0.15, -0.1) is 0 Å². The lowest BCUT2D eigenvalue weighted by molar-refractivity contribution is -0.184. The second-order valence-corrected chi connectivity index (χ2v) is 8.74. The number of hydrogen-bond donors (Lipinski definition) is 2. The predicted octanol–water partition coefficient (Wildman–Crippen LogP) is 4.91. The van der Waals surface area contributed by atoms with Crippen LogP contribution < -0.4 is 10.6 Å². The van der Waals surface area contributed by atoms with E-state index < -0.39 is 12.1 Å². The molecule has 0 aliphatic heterocycles. The van der Waals surface area contributed by atoms with E-state index in [0.29, 0.717) is 12.5 Å². The van der Waals surface area contributed by atoms with Crippen molar-refractivity contribution in [2.75, 3.05) is 5.32 Å². The maximum Gasteiger partial charge on any atom is 0.391 e. The van der Waals surface area contributed by atoms with Crippen LogP contribution in [-0.2, 0) is 18.4 Å². The third kappa shape index (κ3) is 5.73. The van der Waals surface area contributed by atoms with E-state index in [4.69, 9.17) is 0 Å². The van der Waals surface area contributed by atoms with Crippen molar-refractivity contribution in [1.29, 1.82) is 0 Å². The molecule has 1 aromatic carbocycles. The van der Waals surface area contributed by atoms with Crippen LogP contribution in [0.5, 0.6) is 0 Å². The van der Waals surface area contributed by atoms with Crippen molar-refractivity contribution in [1.82, 2.24) is 25.1 Å². The first-order chi connectivity index (χ1) is 16.2. The number of aromatic nitrogens is 4. The van der Waals surface area contributed by atoms with Gasteiger partial charge in [0.1, 0.15) is 0 Å². The van der Waals surface area contributed by atoms with Crippen molar-refractivity contribution in [3.8, 4) is 11.3 Å². The SMILES string of the molecule is Cc1cc(-c2ccnc(Nc3cnn(C)c3)n2)ccc1CNC(=O)[C@H]1CC[C@H](C(F)(F)F)CC1. The molecule has 0 unspecified atom stereocenters. The molecule has 0 bridgehead atoms. The Kier molecular flexibility index (Phi) is 6.85. The molecule has 3 aromatic rings. The van der Waals surface area contributed by atoms with Gasteiger partial charge in [-0.25, -0.2) is 9.97 Å². The van der Waals surface area contributed by atoms with Crippen LogP contribution in [0.25, 0.3) is 11.3 Å². The van der Waals surface area contributed by atoms with Gasteiger partial charge >= 0.3 is 6.18 Å². The van der Waals surface area contributed by atoms with Gasteiger partial charge in [0.25, 0.3) is 0 Å². The maximum atomic E-state index is 12.8. The molecule has 1 saturated carbocycles. The van der Waals surface area contributed by atoms with Crippen molar-refractivity contribution < 1.29 is 18.0 Å². The third-order valence-corrected chi connectivity index (χ3v) is 6.27. The maximum absolute atomic E-state index is 12.8. The highest BCUT2D eigenvalue weighted by Gasteiger charge is 2.42. The lowest BCUT2D eigenvalue weighted by Gasteiger charge is -2.29. The highest BCUT2D eigenvalue weighted by molar-refractivity contribution is 5.78. The summed E-state index contributed by atoms with van der Waals surface area (Å²) in [5, 5.41) is 10.1. The summed E-state index contributed by atoms with van der Waals surface area (Å²) < 4.78 is 40.2. The van der Waals surface area contributed by atoms with E-state index in [1.165, 1.54) is 0 Å². The second-order valence-electron chi connectivity index (χ2n) is 8.74. The number of aryl methyl sites for hydroxylation is 2. The minimum Gasteiger partial charge on any atom is -0.352 e. The van der Waals surface area contributed by atoms with Gasteiger partial charge < -0.3 is 10.6 Å². The van der Waals surface area contributed by atoms with Crippen molar-refractivity contribution in [2.24, 2.45) is 18.9 Å². The number of hydrogen-bond acceptors (Lipinski definition) is 5. The summed E-state index contributed by atoms with van der Waals surface area (Å²) in [5.74, 6) is -1.36. The van der Waals surface area contributed by atoms with Crippen LogP contribution in [0.3, 0.4) is 0 Å². The van der Waals surface area contributed by atoms with Gasteiger partial charge in [0.2, 0.25) is 11.9 Å². The average Bonchev–Trinajstić information content (AvgIpc) is 3.22. The highest BCUT2D eigenvalue weighted by Crippen LogP contribution is 2.39. The summed E-state index contributed by atoms with van der Waals surface area (Å²) in [6.45, 7) is 2.29. The van der Waals surface area contributed by atoms with Gasteiger partial charge in [0.05, 0.1) is 23.5 Å². The van der Waals surface area contributed by atoms with E-state index in [2.05, 4.69) is 25.7 Å². The molecule has 0 atom stereocenters. The van der Waals surface area contributed by atoms with Gasteiger partial charge in [-0.05, 0) is 55.9 Å². The number of nitrogens with one attached hydrogen (secondary N) is 2. The number of nitrogens with zero attached hydrogens (tertiary/aromatic N) is 4. The normalized spacial score (nSPS) is 18.5. The summed E-state index contributed by atoms with van der Waals surface area (Å²) in [6.07, 6.45) is 1.61. The minimum atomic E-state index is -4.17. The summed E-state index contributed by atoms with van der Waals surface area (Å²) in [5.41, 5.74) is 4.38. The van der Waals surface area contributed by atoms with E-state index in [0.717, 1.165) is 28.1 Å². The molecule has 34 heavy (non-hydrogen) atoms. The van der Waals surface area contributed by atoms with E-state index in [1.54, 1.807) is 17.1 Å². The molecule has 7 nitrogen and oxygen atoms in total. The van der Waals surface area contributed by atoms with E-state index in [1.807, 2.05) is 44.4 Å². The van der Waals surface area contributed by atoms with Gasteiger partial charge in [-0.3, -0.25) is 9.48 Å². The second kappa shape index (κ2) is 9.82. The Bertz CT molecular complexity index is 1150. The standard InChI is InChI=1S/C24H27F3N6O/c1-15-11-17(21-9-10-28-23(32-21)31-20-13-30-33(2)14-20)3-4-18(15)12-29-22(34)16-5-7-19(8-6-16)24(25,26)27/h3-4,9-11,13-14,16,19H,5-8,12H2,1-2H3,(H,29,34)(H,28,31,32)/t16-,19-. The molecule has 0 radical (unpaired) electrons. The van der Waals surface area contributed by atoms with Crippen molar-refractivity contribution in [3.63, 3.8) is 0 Å². The molecule has 2 heterocycles. The van der Waals surface area contributed by atoms with Gasteiger partial charge in [0, 0.05) is 37.5 Å². The van der Waals surface area contributed by atoms with E-state index in [9.17, 15) is 18.0 Å². The fourth-order valence-corrected chi connectivity index (χ4v) is 4.26. The molecule has 4 rings (SSSR count). The quantitative estimate of drug-likeness (QED) is 0.532. The Hall–Kier alpha value is -3.43. The Morgan fingerprint density at radius 1 is 1.18 bits per heavy atom. The molecule has 2 N–H and O–H groups in total. The number of anilines is 2. The van der Waals surface area contributed by atoms with Crippen LogP contribution in [0.4, 0.5) is 24.8 Å². The number of carbonyl (C=O) groups excluding carboxylic acids is 1. The van der Waals surface area contributed by atoms with Gasteiger partial charge in [-0.1, -0.05) is 12.1 Å². The highest BCUT2D eigenvalue weighted by atomic mass is 19.4. The molecule has 1 aliphatic carbocycles. The summed E-state index contributed by atoms with van der Waals surface area (Å²) in [4.78, 5) is 21.3. The Labute approximate surface area is 195 Å². The number of benzene rings is 1. The van der Waals surface area contributed by atoms with Crippen LogP contribution in [0.1, 0.15) is 36.8 Å².